The molecule has 1 amide bonds. The monoisotopic (exact) mass is 446 g/mol. The molecule has 27 heavy (non-hydrogen) atoms. The van der Waals surface area contributed by atoms with Crippen molar-refractivity contribution in [2.75, 3.05) is 5.32 Å². The molecule has 4 aliphatic rings. The first-order valence-electron chi connectivity index (χ1n) is 9.90. The van der Waals surface area contributed by atoms with Gasteiger partial charge in [-0.1, -0.05) is 18.2 Å². The third kappa shape index (κ3) is 3.61. The first-order valence-corrected chi connectivity index (χ1v) is 10.8. The van der Waals surface area contributed by atoms with Gasteiger partial charge in [-0.15, -0.1) is 28.3 Å². The van der Waals surface area contributed by atoms with Crippen LogP contribution in [0.1, 0.15) is 54.8 Å². The Kier molecular flexibility index (Phi) is 5.19. The summed E-state index contributed by atoms with van der Waals surface area (Å²) in [6, 6.07) is 7.92. The summed E-state index contributed by atoms with van der Waals surface area (Å²) in [7, 11) is 0. The summed E-state index contributed by atoms with van der Waals surface area (Å²) in [5, 5.41) is 6.24. The molecule has 0 radical (unpaired) electrons. The summed E-state index contributed by atoms with van der Waals surface area (Å²) >= 11 is 1.67. The lowest BCUT2D eigenvalue weighted by Gasteiger charge is -2.56. The molecule has 2 aromatic rings. The zero-order valence-corrected chi connectivity index (χ0v) is 18.3. The Morgan fingerprint density at radius 1 is 1.15 bits per heavy atom. The first kappa shape index (κ1) is 19.1. The number of halogens is 1. The van der Waals surface area contributed by atoms with Gasteiger partial charge in [0, 0.05) is 16.5 Å². The second kappa shape index (κ2) is 7.32. The number of amides is 1. The normalized spacial score (nSPS) is 30.8. The van der Waals surface area contributed by atoms with Crippen molar-refractivity contribution in [1.29, 1.82) is 0 Å². The predicted octanol–water partition coefficient (Wildman–Crippen LogP) is 5.68. The number of rotatable bonds is 4. The minimum Gasteiger partial charge on any atom is -0.325 e. The summed E-state index contributed by atoms with van der Waals surface area (Å²) in [5.74, 6) is 2.81. The average Bonchev–Trinajstić information content (AvgIpc) is 3.05. The zero-order valence-electron chi connectivity index (χ0n) is 15.7. The van der Waals surface area contributed by atoms with Crippen LogP contribution >= 0.6 is 28.3 Å². The Labute approximate surface area is 175 Å². The molecule has 4 saturated carbocycles. The molecule has 0 saturated heterocycles. The van der Waals surface area contributed by atoms with E-state index in [2.05, 4.69) is 10.7 Å². The van der Waals surface area contributed by atoms with E-state index in [-0.39, 0.29) is 22.9 Å². The summed E-state index contributed by atoms with van der Waals surface area (Å²) in [6.45, 7) is 2.02. The molecule has 1 N–H and O–H groups in total. The number of hydrogen-bond donors (Lipinski definition) is 1. The Morgan fingerprint density at radius 2 is 1.78 bits per heavy atom. The van der Waals surface area contributed by atoms with Gasteiger partial charge in [0.25, 0.3) is 0 Å². The van der Waals surface area contributed by atoms with E-state index in [1.807, 2.05) is 31.2 Å². The number of aromatic nitrogens is 1. The highest BCUT2D eigenvalue weighted by Gasteiger charge is 2.52. The van der Waals surface area contributed by atoms with Gasteiger partial charge in [-0.2, -0.15) is 0 Å². The van der Waals surface area contributed by atoms with Crippen LogP contribution in [0.3, 0.4) is 0 Å². The van der Waals surface area contributed by atoms with Crippen molar-refractivity contribution >= 4 is 39.9 Å². The Hall–Kier alpha value is -1.20. The molecule has 0 aliphatic heterocycles. The van der Waals surface area contributed by atoms with Gasteiger partial charge in [-0.25, -0.2) is 4.98 Å². The molecular weight excluding hydrogens is 420 g/mol. The standard InChI is InChI=1S/C22H26N2OS.BrH/c1-14-4-2-3-5-18(14)23-20(25)9-21-24-19(13-26-21)22-10-15-6-16(11-22)8-17(7-15)12-22;/h2-5,13,15-17H,6-12H2,1H3,(H,23,25);1H. The molecule has 0 atom stereocenters. The Morgan fingerprint density at radius 3 is 2.41 bits per heavy atom. The lowest BCUT2D eigenvalue weighted by molar-refractivity contribution is -0.115. The summed E-state index contributed by atoms with van der Waals surface area (Å²) in [4.78, 5) is 17.4. The largest absolute Gasteiger partial charge is 0.325 e. The molecule has 4 fully saturated rings. The van der Waals surface area contributed by atoms with Gasteiger partial charge >= 0.3 is 0 Å². The van der Waals surface area contributed by atoms with Gasteiger partial charge in [-0.05, 0) is 74.8 Å². The fourth-order valence-corrected chi connectivity index (χ4v) is 7.02. The molecule has 0 unspecified atom stereocenters. The van der Waals surface area contributed by atoms with Crippen LogP contribution in [0.5, 0.6) is 0 Å². The average molecular weight is 447 g/mol. The van der Waals surface area contributed by atoms with Crippen LogP contribution in [0, 0.1) is 24.7 Å². The number of anilines is 1. The van der Waals surface area contributed by atoms with E-state index < -0.39 is 0 Å². The maximum atomic E-state index is 12.4. The van der Waals surface area contributed by atoms with Crippen LogP contribution in [0.25, 0.3) is 0 Å². The van der Waals surface area contributed by atoms with Gasteiger partial charge in [0.1, 0.15) is 5.01 Å². The molecular formula is C22H27BrN2OS. The van der Waals surface area contributed by atoms with Crippen molar-refractivity contribution < 1.29 is 4.79 Å². The van der Waals surface area contributed by atoms with Crippen molar-refractivity contribution in [3.8, 4) is 0 Å². The Balaban J connectivity index is 0.00000180. The highest BCUT2D eigenvalue weighted by atomic mass is 79.9. The van der Waals surface area contributed by atoms with Crippen molar-refractivity contribution in [1.82, 2.24) is 4.98 Å². The van der Waals surface area contributed by atoms with Crippen LogP contribution in [0.2, 0.25) is 0 Å². The molecule has 3 nitrogen and oxygen atoms in total. The summed E-state index contributed by atoms with van der Waals surface area (Å²) in [5.41, 5.74) is 3.61. The summed E-state index contributed by atoms with van der Waals surface area (Å²) < 4.78 is 0. The fraction of sp³-hybridized carbons (Fsp3) is 0.545. The van der Waals surface area contributed by atoms with E-state index >= 15 is 0 Å². The topological polar surface area (TPSA) is 42.0 Å². The number of aryl methyl sites for hydroxylation is 1. The third-order valence-electron chi connectivity index (χ3n) is 6.86. The minimum atomic E-state index is 0. The molecule has 1 aromatic carbocycles. The molecule has 144 valence electrons. The molecule has 4 bridgehead atoms. The number of carbonyl (C=O) groups excluding carboxylic acids is 1. The van der Waals surface area contributed by atoms with Crippen LogP contribution in [-0.4, -0.2) is 10.9 Å². The van der Waals surface area contributed by atoms with Gasteiger partial charge < -0.3 is 5.32 Å². The fourth-order valence-electron chi connectivity index (χ4n) is 6.10. The number of nitrogens with zero attached hydrogens (tertiary/aromatic N) is 1. The van der Waals surface area contributed by atoms with Gasteiger partial charge in [0.15, 0.2) is 0 Å². The van der Waals surface area contributed by atoms with Crippen molar-refractivity contribution in [3.63, 3.8) is 0 Å². The number of nitrogens with one attached hydrogen (secondary N) is 1. The maximum Gasteiger partial charge on any atom is 0.231 e. The molecule has 1 heterocycles. The highest BCUT2D eigenvalue weighted by Crippen LogP contribution is 2.60. The molecule has 1 aromatic heterocycles. The number of thiazole rings is 1. The number of para-hydroxylation sites is 1. The Bertz CT molecular complexity index is 811. The van der Waals surface area contributed by atoms with E-state index in [4.69, 9.17) is 4.98 Å². The lowest BCUT2D eigenvalue weighted by atomic mass is 9.49. The second-order valence-corrected chi connectivity index (χ2v) is 9.81. The van der Waals surface area contributed by atoms with Crippen LogP contribution in [0.4, 0.5) is 5.69 Å². The summed E-state index contributed by atoms with van der Waals surface area (Å²) in [6.07, 6.45) is 8.73. The molecule has 4 aliphatic carbocycles. The van der Waals surface area contributed by atoms with Gasteiger partial charge in [-0.3, -0.25) is 4.79 Å². The van der Waals surface area contributed by atoms with E-state index in [0.717, 1.165) is 34.0 Å². The smallest absolute Gasteiger partial charge is 0.231 e. The van der Waals surface area contributed by atoms with E-state index in [1.54, 1.807) is 11.3 Å². The molecule has 6 rings (SSSR count). The van der Waals surface area contributed by atoms with Crippen molar-refractivity contribution in [2.24, 2.45) is 17.8 Å². The quantitative estimate of drug-likeness (QED) is 0.656. The second-order valence-electron chi connectivity index (χ2n) is 8.86. The van der Waals surface area contributed by atoms with Crippen LogP contribution in [0.15, 0.2) is 29.6 Å². The van der Waals surface area contributed by atoms with E-state index in [9.17, 15) is 4.79 Å². The van der Waals surface area contributed by atoms with Gasteiger partial charge in [0.2, 0.25) is 5.91 Å². The third-order valence-corrected chi connectivity index (χ3v) is 7.71. The van der Waals surface area contributed by atoms with Crippen molar-refractivity contribution in [2.45, 2.75) is 57.3 Å². The highest BCUT2D eigenvalue weighted by molar-refractivity contribution is 8.93. The SMILES string of the molecule is Br.Cc1ccccc1NC(=O)Cc1nc(C23CC4CC(CC(C4)C2)C3)cs1. The predicted molar refractivity (Wildman–Crippen MR) is 116 cm³/mol. The minimum absolute atomic E-state index is 0. The van der Waals surface area contributed by atoms with Gasteiger partial charge in [0.05, 0.1) is 12.1 Å². The van der Waals surface area contributed by atoms with Crippen LogP contribution in [-0.2, 0) is 16.6 Å². The van der Waals surface area contributed by atoms with E-state index in [1.165, 1.54) is 44.2 Å². The maximum absolute atomic E-state index is 12.4. The molecule has 5 heteroatoms. The molecule has 0 spiro atoms. The number of benzene rings is 1. The van der Waals surface area contributed by atoms with Crippen LogP contribution < -0.4 is 5.32 Å². The number of carbonyl (C=O) groups is 1. The number of hydrogen-bond acceptors (Lipinski definition) is 3. The lowest BCUT2D eigenvalue weighted by Crippen LogP contribution is -2.48. The first-order chi connectivity index (χ1) is 12.6. The van der Waals surface area contributed by atoms with Crippen molar-refractivity contribution in [3.05, 3.63) is 45.9 Å². The zero-order chi connectivity index (χ0) is 17.7. The van der Waals surface area contributed by atoms with E-state index in [0.29, 0.717) is 11.8 Å².